The highest BCUT2D eigenvalue weighted by molar-refractivity contribution is 5.37. The van der Waals surface area contributed by atoms with Gasteiger partial charge in [0.2, 0.25) is 0 Å². The van der Waals surface area contributed by atoms with Crippen molar-refractivity contribution < 1.29 is 9.31 Å². The van der Waals surface area contributed by atoms with Crippen LogP contribution in [0, 0.1) is 27.3 Å². The van der Waals surface area contributed by atoms with Gasteiger partial charge in [-0.1, -0.05) is 24.3 Å². The van der Waals surface area contributed by atoms with Crippen LogP contribution in [0.25, 0.3) is 0 Å². The minimum absolute atomic E-state index is 0.00720. The fraction of sp³-hybridized carbons (Fsp3) is 0.133. The maximum Gasteiger partial charge on any atom is 0.269 e. The Morgan fingerprint density at radius 3 is 2.25 bits per heavy atom. The fourth-order valence-electron chi connectivity index (χ4n) is 1.92. The third kappa shape index (κ3) is 3.18. The summed E-state index contributed by atoms with van der Waals surface area (Å²) in [4.78, 5) is 10.1. The van der Waals surface area contributed by atoms with Gasteiger partial charge in [-0.2, -0.15) is 5.26 Å². The van der Waals surface area contributed by atoms with Crippen molar-refractivity contribution in [2.75, 3.05) is 0 Å². The topological polar surface area (TPSA) is 66.9 Å². The maximum absolute atomic E-state index is 12.8. The van der Waals surface area contributed by atoms with E-state index in [1.165, 1.54) is 24.3 Å². The molecule has 20 heavy (non-hydrogen) atoms. The summed E-state index contributed by atoms with van der Waals surface area (Å²) in [5, 5.41) is 19.8. The van der Waals surface area contributed by atoms with Gasteiger partial charge in [-0.15, -0.1) is 0 Å². The minimum atomic E-state index is -0.481. The molecule has 0 bridgehead atoms. The Bertz CT molecular complexity index is 645. The molecule has 0 unspecified atom stereocenters. The summed E-state index contributed by atoms with van der Waals surface area (Å²) in [6.07, 6.45) is 0.439. The van der Waals surface area contributed by atoms with Crippen molar-refractivity contribution in [1.29, 1.82) is 5.26 Å². The van der Waals surface area contributed by atoms with Gasteiger partial charge in [0.25, 0.3) is 5.69 Å². The predicted molar refractivity (Wildman–Crippen MR) is 71.6 cm³/mol. The molecule has 0 amide bonds. The molecule has 0 spiro atoms. The Morgan fingerprint density at radius 2 is 1.75 bits per heavy atom. The predicted octanol–water partition coefficient (Wildman–Crippen LogP) is 3.58. The van der Waals surface area contributed by atoms with E-state index in [9.17, 15) is 19.8 Å². The van der Waals surface area contributed by atoms with Gasteiger partial charge in [0.15, 0.2) is 0 Å². The van der Waals surface area contributed by atoms with Crippen LogP contribution < -0.4 is 0 Å². The second-order valence-corrected chi connectivity index (χ2v) is 4.36. The van der Waals surface area contributed by atoms with Gasteiger partial charge in [-0.05, 0) is 29.7 Å². The van der Waals surface area contributed by atoms with Crippen molar-refractivity contribution >= 4 is 5.69 Å². The number of non-ortho nitro benzene ring substituents is 1. The van der Waals surface area contributed by atoms with E-state index in [-0.39, 0.29) is 11.5 Å². The third-order valence-corrected chi connectivity index (χ3v) is 3.02. The highest BCUT2D eigenvalue weighted by Crippen LogP contribution is 2.23. The Labute approximate surface area is 115 Å². The van der Waals surface area contributed by atoms with Gasteiger partial charge < -0.3 is 0 Å². The molecule has 4 nitrogen and oxygen atoms in total. The number of nitrogens with zero attached hydrogens (tertiary/aromatic N) is 2. The first-order chi connectivity index (χ1) is 9.60. The molecule has 0 fully saturated rings. The van der Waals surface area contributed by atoms with Crippen LogP contribution in [0.3, 0.4) is 0 Å². The number of nitro groups is 1. The highest BCUT2D eigenvalue weighted by atomic mass is 19.1. The molecule has 0 saturated heterocycles. The number of hydrogen-bond acceptors (Lipinski definition) is 3. The summed E-state index contributed by atoms with van der Waals surface area (Å²) in [6.45, 7) is 0. The summed E-state index contributed by atoms with van der Waals surface area (Å²) in [5.74, 6) is -0.737. The molecule has 0 aliphatic heterocycles. The van der Waals surface area contributed by atoms with Crippen molar-refractivity contribution in [3.05, 3.63) is 75.6 Å². The number of hydrogen-bond donors (Lipinski definition) is 0. The van der Waals surface area contributed by atoms with Crippen LogP contribution in [0.15, 0.2) is 48.5 Å². The van der Waals surface area contributed by atoms with Crippen molar-refractivity contribution in [1.82, 2.24) is 0 Å². The lowest BCUT2D eigenvalue weighted by molar-refractivity contribution is -0.384. The molecular formula is C15H11FN2O2. The summed E-state index contributed by atoms with van der Waals surface area (Å²) in [6, 6.07) is 14.0. The molecule has 0 N–H and O–H groups in total. The second-order valence-electron chi connectivity index (χ2n) is 4.36. The van der Waals surface area contributed by atoms with Gasteiger partial charge in [-0.3, -0.25) is 10.1 Å². The molecule has 2 aromatic carbocycles. The first-order valence-corrected chi connectivity index (χ1v) is 5.98. The molecule has 0 aliphatic rings. The standard InChI is InChI=1S/C15H11FN2O2/c16-14-5-1-11(2-6-14)9-13(10-17)12-3-7-15(8-4-12)18(19)20/h1-8,13H,9H2/t13-/m0/s1. The molecule has 0 saturated carbocycles. The summed E-state index contributed by atoms with van der Waals surface area (Å²) in [5.41, 5.74) is 1.55. The number of benzene rings is 2. The molecule has 0 radical (unpaired) electrons. The zero-order chi connectivity index (χ0) is 14.5. The highest BCUT2D eigenvalue weighted by Gasteiger charge is 2.13. The minimum Gasteiger partial charge on any atom is -0.258 e. The van der Waals surface area contributed by atoms with Gasteiger partial charge in [0.05, 0.1) is 16.9 Å². The van der Waals surface area contributed by atoms with Crippen molar-refractivity contribution in [3.8, 4) is 6.07 Å². The molecule has 1 atom stereocenters. The average Bonchev–Trinajstić information content (AvgIpc) is 2.47. The molecule has 2 aromatic rings. The van der Waals surface area contributed by atoms with Crippen LogP contribution >= 0.6 is 0 Å². The molecule has 100 valence electrons. The van der Waals surface area contributed by atoms with Gasteiger partial charge in [-0.25, -0.2) is 4.39 Å². The Hall–Kier alpha value is -2.74. The first kappa shape index (κ1) is 13.7. The van der Waals surface area contributed by atoms with Gasteiger partial charge >= 0.3 is 0 Å². The molecular weight excluding hydrogens is 259 g/mol. The fourth-order valence-corrected chi connectivity index (χ4v) is 1.92. The van der Waals surface area contributed by atoms with E-state index in [0.29, 0.717) is 12.0 Å². The zero-order valence-corrected chi connectivity index (χ0v) is 10.5. The van der Waals surface area contributed by atoms with Crippen LogP contribution in [0.5, 0.6) is 0 Å². The average molecular weight is 270 g/mol. The lowest BCUT2D eigenvalue weighted by Crippen LogP contribution is -2.01. The normalized spacial score (nSPS) is 11.6. The lowest BCUT2D eigenvalue weighted by Gasteiger charge is -2.09. The van der Waals surface area contributed by atoms with E-state index in [0.717, 1.165) is 5.56 Å². The molecule has 0 aromatic heterocycles. The van der Waals surface area contributed by atoms with E-state index in [2.05, 4.69) is 6.07 Å². The van der Waals surface area contributed by atoms with E-state index >= 15 is 0 Å². The largest absolute Gasteiger partial charge is 0.269 e. The Kier molecular flexibility index (Phi) is 4.06. The number of nitriles is 1. The lowest BCUT2D eigenvalue weighted by atomic mass is 9.93. The van der Waals surface area contributed by atoms with Crippen LogP contribution in [0.2, 0.25) is 0 Å². The summed E-state index contributed by atoms with van der Waals surface area (Å²) in [7, 11) is 0. The van der Waals surface area contributed by atoms with Crippen LogP contribution in [-0.2, 0) is 6.42 Å². The third-order valence-electron chi connectivity index (χ3n) is 3.02. The summed E-state index contributed by atoms with van der Waals surface area (Å²) < 4.78 is 12.8. The zero-order valence-electron chi connectivity index (χ0n) is 10.5. The molecule has 0 heterocycles. The van der Waals surface area contributed by atoms with Crippen molar-refractivity contribution in [2.45, 2.75) is 12.3 Å². The second kappa shape index (κ2) is 5.93. The first-order valence-electron chi connectivity index (χ1n) is 5.98. The van der Waals surface area contributed by atoms with E-state index in [4.69, 9.17) is 0 Å². The molecule has 5 heteroatoms. The van der Waals surface area contributed by atoms with Crippen LogP contribution in [-0.4, -0.2) is 4.92 Å². The van der Waals surface area contributed by atoms with Gasteiger partial charge in [0, 0.05) is 12.1 Å². The maximum atomic E-state index is 12.8. The molecule has 2 rings (SSSR count). The van der Waals surface area contributed by atoms with E-state index in [1.54, 1.807) is 24.3 Å². The van der Waals surface area contributed by atoms with E-state index < -0.39 is 10.8 Å². The Morgan fingerprint density at radius 1 is 1.15 bits per heavy atom. The van der Waals surface area contributed by atoms with Crippen LogP contribution in [0.1, 0.15) is 17.0 Å². The van der Waals surface area contributed by atoms with E-state index in [1.807, 2.05) is 0 Å². The Balaban J connectivity index is 2.18. The smallest absolute Gasteiger partial charge is 0.258 e. The quantitative estimate of drug-likeness (QED) is 0.630. The number of nitro benzene ring substituents is 1. The van der Waals surface area contributed by atoms with Crippen molar-refractivity contribution in [2.24, 2.45) is 0 Å². The van der Waals surface area contributed by atoms with Gasteiger partial charge in [0.1, 0.15) is 5.82 Å². The van der Waals surface area contributed by atoms with Crippen molar-refractivity contribution in [3.63, 3.8) is 0 Å². The number of rotatable bonds is 4. The molecule has 0 aliphatic carbocycles. The monoisotopic (exact) mass is 270 g/mol. The summed E-state index contributed by atoms with van der Waals surface area (Å²) >= 11 is 0. The SMILES string of the molecule is N#C[C@H](Cc1ccc(F)cc1)c1ccc([N+](=O)[O-])cc1. The number of halogens is 1. The van der Waals surface area contributed by atoms with Crippen LogP contribution in [0.4, 0.5) is 10.1 Å².